The van der Waals surface area contributed by atoms with E-state index in [2.05, 4.69) is 36.6 Å². The summed E-state index contributed by atoms with van der Waals surface area (Å²) in [5, 5.41) is 10.5. The number of benzene rings is 2. The van der Waals surface area contributed by atoms with Crippen LogP contribution in [-0.4, -0.2) is 20.7 Å². The quantitative estimate of drug-likeness (QED) is 0.686. The van der Waals surface area contributed by atoms with E-state index in [0.29, 0.717) is 11.5 Å². The molecule has 1 amide bonds. The van der Waals surface area contributed by atoms with Gasteiger partial charge in [0.15, 0.2) is 0 Å². The zero-order valence-electron chi connectivity index (χ0n) is 14.0. The first-order valence-corrected chi connectivity index (χ1v) is 8.92. The molecule has 1 unspecified atom stereocenters. The molecule has 0 spiro atoms. The van der Waals surface area contributed by atoms with Crippen LogP contribution < -0.4 is 10.6 Å². The second-order valence-electron chi connectivity index (χ2n) is 5.94. The number of hydrogen-bond acceptors (Lipinski definition) is 4. The van der Waals surface area contributed by atoms with Crippen molar-refractivity contribution >= 4 is 33.5 Å². The zero-order chi connectivity index (χ0) is 18.1. The van der Waals surface area contributed by atoms with Crippen LogP contribution >= 0.6 is 15.9 Å². The number of allylic oxidation sites excluding steroid dienone is 1. The average molecular weight is 410 g/mol. The molecule has 2 N–H and O–H groups in total. The highest BCUT2D eigenvalue weighted by Crippen LogP contribution is 2.38. The first kappa shape index (κ1) is 16.5. The van der Waals surface area contributed by atoms with Crippen molar-refractivity contribution in [1.29, 1.82) is 0 Å². The Hall–Kier alpha value is -2.93. The van der Waals surface area contributed by atoms with E-state index in [1.807, 2.05) is 61.5 Å². The Bertz CT molecular complexity index is 996. The molecule has 6 nitrogen and oxygen atoms in total. The van der Waals surface area contributed by atoms with Crippen LogP contribution in [0, 0.1) is 0 Å². The van der Waals surface area contributed by atoms with Crippen LogP contribution in [-0.2, 0) is 4.79 Å². The highest BCUT2D eigenvalue weighted by atomic mass is 79.9. The fraction of sp³-hybridized carbons (Fsp3) is 0.105. The zero-order valence-corrected chi connectivity index (χ0v) is 15.6. The number of anilines is 2. The summed E-state index contributed by atoms with van der Waals surface area (Å²) in [5.74, 6) is 0.433. The Kier molecular flexibility index (Phi) is 4.30. The van der Waals surface area contributed by atoms with Gasteiger partial charge in [0.2, 0.25) is 5.95 Å². The number of aromatic nitrogens is 3. The second kappa shape index (κ2) is 6.76. The van der Waals surface area contributed by atoms with E-state index in [4.69, 9.17) is 0 Å². The van der Waals surface area contributed by atoms with Gasteiger partial charge >= 0.3 is 0 Å². The Morgan fingerprint density at radius 3 is 2.65 bits per heavy atom. The normalized spacial score (nSPS) is 16.0. The monoisotopic (exact) mass is 409 g/mol. The van der Waals surface area contributed by atoms with Crippen molar-refractivity contribution in [3.05, 3.63) is 82.2 Å². The molecule has 2 aromatic carbocycles. The van der Waals surface area contributed by atoms with Crippen molar-refractivity contribution in [3.63, 3.8) is 0 Å². The summed E-state index contributed by atoms with van der Waals surface area (Å²) in [4.78, 5) is 17.4. The molecule has 26 heavy (non-hydrogen) atoms. The van der Waals surface area contributed by atoms with Crippen LogP contribution in [0.3, 0.4) is 0 Å². The molecule has 7 heteroatoms. The molecule has 4 rings (SSSR count). The van der Waals surface area contributed by atoms with Crippen LogP contribution in [0.5, 0.6) is 0 Å². The van der Waals surface area contributed by atoms with Crippen LogP contribution in [0.1, 0.15) is 18.5 Å². The Labute approximate surface area is 159 Å². The number of para-hydroxylation sites is 1. The van der Waals surface area contributed by atoms with Crippen LogP contribution in [0.4, 0.5) is 11.6 Å². The van der Waals surface area contributed by atoms with Crippen LogP contribution in [0.15, 0.2) is 76.7 Å². The van der Waals surface area contributed by atoms with Gasteiger partial charge in [-0.25, -0.2) is 4.68 Å². The van der Waals surface area contributed by atoms with E-state index in [0.717, 1.165) is 21.4 Å². The van der Waals surface area contributed by atoms with Crippen LogP contribution in [0.25, 0.3) is 0 Å². The Balaban J connectivity index is 1.80. The molecule has 0 saturated heterocycles. The smallest absolute Gasteiger partial charge is 0.255 e. The van der Waals surface area contributed by atoms with Gasteiger partial charge in [-0.15, -0.1) is 0 Å². The lowest BCUT2D eigenvalue weighted by molar-refractivity contribution is -0.113. The minimum atomic E-state index is -0.381. The predicted molar refractivity (Wildman–Crippen MR) is 104 cm³/mol. The van der Waals surface area contributed by atoms with E-state index >= 15 is 0 Å². The van der Waals surface area contributed by atoms with E-state index in [-0.39, 0.29) is 11.9 Å². The molecule has 130 valence electrons. The summed E-state index contributed by atoms with van der Waals surface area (Å²) in [6.07, 6.45) is 1.48. The maximum absolute atomic E-state index is 13.1. The van der Waals surface area contributed by atoms with E-state index in [9.17, 15) is 4.79 Å². The van der Waals surface area contributed by atoms with Gasteiger partial charge in [0, 0.05) is 15.9 Å². The molecular weight excluding hydrogens is 394 g/mol. The lowest BCUT2D eigenvalue weighted by Gasteiger charge is -2.29. The molecule has 1 aliphatic heterocycles. The minimum Gasteiger partial charge on any atom is -0.328 e. The lowest BCUT2D eigenvalue weighted by atomic mass is 9.95. The molecule has 1 aliphatic rings. The topological polar surface area (TPSA) is 71.8 Å². The first-order valence-electron chi connectivity index (χ1n) is 8.13. The first-order chi connectivity index (χ1) is 12.6. The molecular formula is C19H16BrN5O. The molecule has 0 aliphatic carbocycles. The highest BCUT2D eigenvalue weighted by molar-refractivity contribution is 9.10. The van der Waals surface area contributed by atoms with Gasteiger partial charge in [-0.2, -0.15) is 10.1 Å². The number of carbonyl (C=O) groups excluding carboxylic acids is 1. The highest BCUT2D eigenvalue weighted by Gasteiger charge is 2.34. The molecule has 0 radical (unpaired) electrons. The summed E-state index contributed by atoms with van der Waals surface area (Å²) in [6.45, 7) is 1.88. The second-order valence-corrected chi connectivity index (χ2v) is 6.79. The molecule has 0 fully saturated rings. The van der Waals surface area contributed by atoms with Crippen molar-refractivity contribution in [1.82, 2.24) is 14.8 Å². The van der Waals surface area contributed by atoms with Gasteiger partial charge in [-0.05, 0) is 30.7 Å². The predicted octanol–water partition coefficient (Wildman–Crippen LogP) is 3.97. The lowest BCUT2D eigenvalue weighted by Crippen LogP contribution is -2.31. The number of hydrogen-bond donors (Lipinski definition) is 2. The Morgan fingerprint density at radius 1 is 1.15 bits per heavy atom. The van der Waals surface area contributed by atoms with Crippen molar-refractivity contribution in [2.75, 3.05) is 10.6 Å². The maximum Gasteiger partial charge on any atom is 0.255 e. The fourth-order valence-corrected chi connectivity index (χ4v) is 3.59. The minimum absolute atomic E-state index is 0.178. The SMILES string of the molecule is CC1=C(C(=O)Nc2ccccc2)C(c2ccccc2Br)n2ncnc2N1. The van der Waals surface area contributed by atoms with Crippen molar-refractivity contribution in [2.24, 2.45) is 0 Å². The van der Waals surface area contributed by atoms with Gasteiger partial charge in [-0.1, -0.05) is 52.3 Å². The summed E-state index contributed by atoms with van der Waals surface area (Å²) < 4.78 is 2.64. The van der Waals surface area contributed by atoms with Gasteiger partial charge < -0.3 is 10.6 Å². The number of carbonyl (C=O) groups is 1. The van der Waals surface area contributed by atoms with E-state index in [1.165, 1.54) is 6.33 Å². The molecule has 1 atom stereocenters. The summed E-state index contributed by atoms with van der Waals surface area (Å²) in [5.41, 5.74) is 3.03. The summed E-state index contributed by atoms with van der Waals surface area (Å²) in [6, 6.07) is 16.8. The van der Waals surface area contributed by atoms with Crippen molar-refractivity contribution in [2.45, 2.75) is 13.0 Å². The number of halogens is 1. The third-order valence-electron chi connectivity index (χ3n) is 4.27. The molecule has 3 aromatic rings. The van der Waals surface area contributed by atoms with E-state index < -0.39 is 0 Å². The number of nitrogens with one attached hydrogen (secondary N) is 2. The largest absolute Gasteiger partial charge is 0.328 e. The van der Waals surface area contributed by atoms with E-state index in [1.54, 1.807) is 4.68 Å². The third-order valence-corrected chi connectivity index (χ3v) is 4.99. The average Bonchev–Trinajstić information content (AvgIpc) is 3.10. The van der Waals surface area contributed by atoms with Gasteiger partial charge in [0.05, 0.1) is 5.57 Å². The third kappa shape index (κ3) is 2.90. The van der Waals surface area contributed by atoms with Gasteiger partial charge in [0.1, 0.15) is 12.4 Å². The number of amides is 1. The Morgan fingerprint density at radius 2 is 1.88 bits per heavy atom. The number of nitrogens with zero attached hydrogens (tertiary/aromatic N) is 3. The molecule has 1 aromatic heterocycles. The van der Waals surface area contributed by atoms with Crippen molar-refractivity contribution < 1.29 is 4.79 Å². The van der Waals surface area contributed by atoms with Gasteiger partial charge in [0.25, 0.3) is 5.91 Å². The van der Waals surface area contributed by atoms with Gasteiger partial charge in [-0.3, -0.25) is 4.79 Å². The summed E-state index contributed by atoms with van der Waals surface area (Å²) in [7, 11) is 0. The summed E-state index contributed by atoms with van der Waals surface area (Å²) >= 11 is 3.60. The maximum atomic E-state index is 13.1. The standard InChI is InChI=1S/C19H16BrN5O/c1-12-16(18(26)24-13-7-3-2-4-8-13)17(14-9-5-6-10-15(14)20)25-19(23-12)21-11-22-25/h2-11,17H,1H3,(H,24,26)(H,21,22,23). The fourth-order valence-electron chi connectivity index (χ4n) is 3.09. The number of rotatable bonds is 3. The molecule has 2 heterocycles. The number of fused-ring (bicyclic) bond motifs is 1. The van der Waals surface area contributed by atoms with Crippen molar-refractivity contribution in [3.8, 4) is 0 Å². The van der Waals surface area contributed by atoms with Crippen LogP contribution in [0.2, 0.25) is 0 Å². The molecule has 0 saturated carbocycles. The molecule has 0 bridgehead atoms.